The zero-order chi connectivity index (χ0) is 17.2. The Morgan fingerprint density at radius 3 is 2.64 bits per heavy atom. The lowest BCUT2D eigenvalue weighted by Gasteiger charge is -2.29. The van der Waals surface area contributed by atoms with Crippen LogP contribution in [0, 0.1) is 17.9 Å². The van der Waals surface area contributed by atoms with Crippen molar-refractivity contribution in [3.63, 3.8) is 0 Å². The Labute approximate surface area is 147 Å². The van der Waals surface area contributed by atoms with Gasteiger partial charge in [-0.15, -0.1) is 0 Å². The van der Waals surface area contributed by atoms with Crippen LogP contribution in [-0.4, -0.2) is 23.2 Å². The molecule has 1 unspecified atom stereocenters. The van der Waals surface area contributed by atoms with Gasteiger partial charge in [0, 0.05) is 18.3 Å². The summed E-state index contributed by atoms with van der Waals surface area (Å²) in [4.78, 5) is 7.89. The lowest BCUT2D eigenvalue weighted by Crippen LogP contribution is -2.42. The molecule has 0 spiro atoms. The molecule has 1 aromatic carbocycles. The highest BCUT2D eigenvalue weighted by Gasteiger charge is 2.34. The van der Waals surface area contributed by atoms with Gasteiger partial charge in [-0.25, -0.2) is 4.85 Å². The van der Waals surface area contributed by atoms with E-state index >= 15 is 0 Å². The second kappa shape index (κ2) is 6.55. The Morgan fingerprint density at radius 1 is 1.20 bits per heavy atom. The van der Waals surface area contributed by atoms with Gasteiger partial charge in [0.1, 0.15) is 17.9 Å². The molecule has 2 aliphatic heterocycles. The number of rotatable bonds is 3. The number of nitrogens with one attached hydrogen (secondary N) is 1. The highest BCUT2D eigenvalue weighted by atomic mass is 16.5. The molecule has 25 heavy (non-hydrogen) atoms. The lowest BCUT2D eigenvalue weighted by molar-refractivity contribution is 0.137. The van der Waals surface area contributed by atoms with Crippen molar-refractivity contribution in [1.82, 2.24) is 10.3 Å². The maximum Gasteiger partial charge on any atom is 0.191 e. The molecular formula is C20H18N4O. The lowest BCUT2D eigenvalue weighted by atomic mass is 10.0. The monoisotopic (exact) mass is 330 g/mol. The molecule has 0 amide bonds. The minimum absolute atomic E-state index is 0.196. The first kappa shape index (κ1) is 15.6. The number of fused-ring (bicyclic) bond motifs is 2. The molecule has 2 aliphatic rings. The fourth-order valence-corrected chi connectivity index (χ4v) is 3.79. The van der Waals surface area contributed by atoms with Crippen molar-refractivity contribution in [2.45, 2.75) is 43.9 Å². The van der Waals surface area contributed by atoms with E-state index in [4.69, 9.17) is 16.6 Å². The van der Waals surface area contributed by atoms with Crippen molar-refractivity contribution in [2.75, 3.05) is 0 Å². The van der Waals surface area contributed by atoms with E-state index in [0.29, 0.717) is 23.3 Å². The zero-order valence-corrected chi connectivity index (χ0v) is 13.8. The fourth-order valence-electron chi connectivity index (χ4n) is 3.79. The van der Waals surface area contributed by atoms with Gasteiger partial charge in [-0.1, -0.05) is 0 Å². The predicted molar refractivity (Wildman–Crippen MR) is 94.2 cm³/mol. The van der Waals surface area contributed by atoms with Crippen molar-refractivity contribution in [1.29, 1.82) is 5.26 Å². The van der Waals surface area contributed by atoms with Crippen molar-refractivity contribution in [3.05, 3.63) is 53.5 Å². The largest absolute Gasteiger partial charge is 0.492 e. The number of aromatic nitrogens is 1. The summed E-state index contributed by atoms with van der Waals surface area (Å²) in [7, 11) is 0. The van der Waals surface area contributed by atoms with Crippen LogP contribution in [0.4, 0.5) is 5.69 Å². The van der Waals surface area contributed by atoms with Gasteiger partial charge in [0.15, 0.2) is 5.69 Å². The van der Waals surface area contributed by atoms with E-state index in [1.54, 1.807) is 30.5 Å². The molecule has 5 nitrogen and oxygen atoms in total. The van der Waals surface area contributed by atoms with Crippen LogP contribution in [0.15, 0.2) is 36.5 Å². The summed E-state index contributed by atoms with van der Waals surface area (Å²) in [6.45, 7) is 7.35. The molecule has 0 aliphatic carbocycles. The third kappa shape index (κ3) is 3.33. The Bertz CT molecular complexity index is 851. The molecule has 5 heteroatoms. The molecule has 0 radical (unpaired) electrons. The maximum absolute atomic E-state index is 8.90. The Kier molecular flexibility index (Phi) is 4.09. The summed E-state index contributed by atoms with van der Waals surface area (Å²) < 4.78 is 6.22. The number of hydrogen-bond acceptors (Lipinski definition) is 4. The molecule has 4 rings (SSSR count). The molecule has 1 N–H and O–H groups in total. The van der Waals surface area contributed by atoms with Gasteiger partial charge in [-0.2, -0.15) is 5.26 Å². The second-order valence-corrected chi connectivity index (χ2v) is 6.72. The van der Waals surface area contributed by atoms with Crippen molar-refractivity contribution < 1.29 is 4.74 Å². The summed E-state index contributed by atoms with van der Waals surface area (Å²) >= 11 is 0. The number of piperidine rings is 1. The van der Waals surface area contributed by atoms with Crippen LogP contribution in [0.25, 0.3) is 16.1 Å². The summed E-state index contributed by atoms with van der Waals surface area (Å²) in [6.07, 6.45) is 6.23. The average molecular weight is 330 g/mol. The second-order valence-electron chi connectivity index (χ2n) is 6.72. The van der Waals surface area contributed by atoms with Crippen LogP contribution >= 0.6 is 0 Å². The normalized spacial score (nSPS) is 24.3. The first-order valence-electron chi connectivity index (χ1n) is 8.55. The number of benzene rings is 1. The quantitative estimate of drug-likeness (QED) is 0.869. The van der Waals surface area contributed by atoms with E-state index in [-0.39, 0.29) is 6.10 Å². The average Bonchev–Trinajstić information content (AvgIpc) is 2.99. The topological polar surface area (TPSA) is 62.3 Å². The van der Waals surface area contributed by atoms with Gasteiger partial charge in [0.05, 0.1) is 17.8 Å². The third-order valence-corrected chi connectivity index (χ3v) is 4.94. The molecule has 3 heterocycles. The number of hydrogen-bond donors (Lipinski definition) is 1. The molecule has 0 saturated carbocycles. The van der Waals surface area contributed by atoms with Crippen LogP contribution in [-0.2, 0) is 0 Å². The molecule has 2 saturated heterocycles. The third-order valence-electron chi connectivity index (χ3n) is 4.94. The smallest absolute Gasteiger partial charge is 0.191 e. The number of nitriles is 1. The fraction of sp³-hybridized carbons (Fsp3) is 0.350. The molecule has 124 valence electrons. The molecule has 2 bridgehead atoms. The van der Waals surface area contributed by atoms with Crippen LogP contribution in [0.1, 0.15) is 31.2 Å². The van der Waals surface area contributed by atoms with E-state index < -0.39 is 0 Å². The van der Waals surface area contributed by atoms with Crippen molar-refractivity contribution >= 4 is 5.69 Å². The minimum atomic E-state index is 0.196. The first-order valence-corrected chi connectivity index (χ1v) is 8.55. The Morgan fingerprint density at radius 2 is 2.00 bits per heavy atom. The standard InChI is InChI=1S/C20H18N4O/c1-22-17-6-14(20-5-2-13(11-21)12-23-20)7-18(10-17)25-19-8-15-3-4-16(9-19)24-15/h2,5-7,10,12,15-16,19,24H,3-4,8-9H2/t15-,16+,19?. The summed E-state index contributed by atoms with van der Waals surface area (Å²) in [5.74, 6) is 0.723. The van der Waals surface area contributed by atoms with Crippen LogP contribution in [0.2, 0.25) is 0 Å². The SMILES string of the molecule is [C-]#[N+]c1cc(OC2C[C@H]3CC[C@@H](C2)N3)cc(-c2ccc(C#N)cn2)c1. The van der Waals surface area contributed by atoms with E-state index in [0.717, 1.165) is 29.8 Å². The summed E-state index contributed by atoms with van der Waals surface area (Å²) in [5, 5.41) is 12.5. The van der Waals surface area contributed by atoms with Crippen molar-refractivity contribution in [2.24, 2.45) is 0 Å². The molecule has 2 fully saturated rings. The maximum atomic E-state index is 8.90. The molecule has 3 atom stereocenters. The van der Waals surface area contributed by atoms with Crippen LogP contribution in [0.3, 0.4) is 0 Å². The zero-order valence-electron chi connectivity index (χ0n) is 13.8. The minimum Gasteiger partial charge on any atom is -0.492 e. The van der Waals surface area contributed by atoms with E-state index in [1.165, 1.54) is 12.8 Å². The Balaban J connectivity index is 1.60. The summed E-state index contributed by atoms with van der Waals surface area (Å²) in [6, 6.07) is 12.3. The Hall–Kier alpha value is -2.89. The molecule has 1 aromatic heterocycles. The number of nitrogens with zero attached hydrogens (tertiary/aromatic N) is 3. The van der Waals surface area contributed by atoms with Crippen LogP contribution < -0.4 is 10.1 Å². The highest BCUT2D eigenvalue weighted by Crippen LogP contribution is 2.33. The number of ether oxygens (including phenoxy) is 1. The van der Waals surface area contributed by atoms with Gasteiger partial charge in [0.25, 0.3) is 0 Å². The predicted octanol–water partition coefficient (Wildman–Crippen LogP) is 3.83. The van der Waals surface area contributed by atoms with E-state index in [9.17, 15) is 0 Å². The highest BCUT2D eigenvalue weighted by molar-refractivity contribution is 5.68. The van der Waals surface area contributed by atoms with Crippen molar-refractivity contribution in [3.8, 4) is 23.1 Å². The van der Waals surface area contributed by atoms with Gasteiger partial charge in [-0.3, -0.25) is 4.98 Å². The number of pyridine rings is 1. The molecule has 2 aromatic rings. The molecular weight excluding hydrogens is 312 g/mol. The summed E-state index contributed by atoms with van der Waals surface area (Å²) in [5.41, 5.74) is 2.63. The van der Waals surface area contributed by atoms with Crippen LogP contribution in [0.5, 0.6) is 5.75 Å². The van der Waals surface area contributed by atoms with E-state index in [2.05, 4.69) is 21.2 Å². The van der Waals surface area contributed by atoms with Gasteiger partial charge >= 0.3 is 0 Å². The van der Waals surface area contributed by atoms with Gasteiger partial charge < -0.3 is 10.1 Å². The van der Waals surface area contributed by atoms with Gasteiger partial charge in [0.2, 0.25) is 0 Å². The van der Waals surface area contributed by atoms with Gasteiger partial charge in [-0.05, 0) is 61.6 Å². The first-order chi connectivity index (χ1) is 12.2. The van der Waals surface area contributed by atoms with E-state index in [1.807, 2.05) is 6.07 Å².